The van der Waals surface area contributed by atoms with Gasteiger partial charge in [-0.3, -0.25) is 14.6 Å². The van der Waals surface area contributed by atoms with Crippen LogP contribution in [-0.2, 0) is 19.6 Å². The van der Waals surface area contributed by atoms with Crippen LogP contribution in [-0.4, -0.2) is 78.1 Å². The summed E-state index contributed by atoms with van der Waals surface area (Å²) < 4.78 is 27.2. The van der Waals surface area contributed by atoms with Crippen molar-refractivity contribution in [1.82, 2.24) is 19.1 Å². The zero-order valence-electron chi connectivity index (χ0n) is 19.6. The Kier molecular flexibility index (Phi) is 5.48. The number of pyridine rings is 1. The quantitative estimate of drug-likeness (QED) is 0.650. The monoisotopic (exact) mass is 486 g/mol. The van der Waals surface area contributed by atoms with Crippen molar-refractivity contribution >= 4 is 21.8 Å². The minimum Gasteiger partial charge on any atom is -0.338 e. The molecule has 3 heterocycles. The lowest BCUT2D eigenvalue weighted by Crippen LogP contribution is -2.59. The van der Waals surface area contributed by atoms with E-state index in [2.05, 4.69) is 4.98 Å². The Balaban J connectivity index is 1.12. The van der Waals surface area contributed by atoms with Gasteiger partial charge in [0.25, 0.3) is 0 Å². The van der Waals surface area contributed by atoms with Crippen molar-refractivity contribution in [3.63, 3.8) is 0 Å². The number of sulfonamides is 1. The van der Waals surface area contributed by atoms with E-state index in [-0.39, 0.29) is 41.3 Å². The molecule has 0 spiro atoms. The lowest BCUT2D eigenvalue weighted by atomic mass is 9.49. The topological polar surface area (TPSA) is 90.9 Å². The van der Waals surface area contributed by atoms with E-state index in [1.54, 1.807) is 23.2 Å². The normalized spacial score (nSPS) is 35.6. The molecule has 34 heavy (non-hydrogen) atoms. The van der Waals surface area contributed by atoms with Crippen LogP contribution < -0.4 is 0 Å². The highest BCUT2D eigenvalue weighted by atomic mass is 32.2. The van der Waals surface area contributed by atoms with E-state index in [9.17, 15) is 18.0 Å². The number of hydrogen-bond acceptors (Lipinski definition) is 5. The summed E-state index contributed by atoms with van der Waals surface area (Å²) in [6.07, 6.45) is 11.4. The maximum atomic E-state index is 13.9. The molecular formula is C25H34N4O4S. The summed E-state index contributed by atoms with van der Waals surface area (Å²) >= 11 is 0. The molecule has 6 aliphatic rings. The molecule has 1 aromatic heterocycles. The van der Waals surface area contributed by atoms with Crippen molar-refractivity contribution in [2.24, 2.45) is 23.2 Å². The van der Waals surface area contributed by atoms with Crippen molar-refractivity contribution in [1.29, 1.82) is 0 Å². The van der Waals surface area contributed by atoms with Gasteiger partial charge in [-0.25, -0.2) is 8.42 Å². The van der Waals surface area contributed by atoms with Gasteiger partial charge in [-0.15, -0.1) is 0 Å². The number of hydrogen-bond donors (Lipinski definition) is 0. The average molecular weight is 487 g/mol. The van der Waals surface area contributed by atoms with E-state index in [0.29, 0.717) is 43.8 Å². The molecule has 7 rings (SSSR count). The molecule has 6 fully saturated rings. The standard InChI is InChI=1S/C25H34N4O4S/c30-23(27-7-9-28(10-8-27)34(32,33)21-3-1-5-26-17-21)22-4-2-6-29(22)24(31)25-14-18-11-19(15-25)13-20(12-18)16-25/h1,3,5,17-20,22H,2,4,6-16H2. The van der Waals surface area contributed by atoms with Gasteiger partial charge in [0.05, 0.1) is 5.41 Å². The molecule has 2 amide bonds. The van der Waals surface area contributed by atoms with Crippen LogP contribution in [0.3, 0.4) is 0 Å². The Morgan fingerprint density at radius 1 is 0.941 bits per heavy atom. The number of carbonyl (C=O) groups excluding carboxylic acids is 2. The van der Waals surface area contributed by atoms with Crippen LogP contribution in [0.25, 0.3) is 0 Å². The summed E-state index contributed by atoms with van der Waals surface area (Å²) in [5, 5.41) is 0. The molecule has 1 unspecified atom stereocenters. The molecular weight excluding hydrogens is 452 g/mol. The second-order valence-electron chi connectivity index (χ2n) is 11.3. The highest BCUT2D eigenvalue weighted by Crippen LogP contribution is 2.60. The maximum Gasteiger partial charge on any atom is 0.245 e. The summed E-state index contributed by atoms with van der Waals surface area (Å²) in [5.74, 6) is 2.32. The van der Waals surface area contributed by atoms with E-state index < -0.39 is 10.0 Å². The fourth-order valence-electron chi connectivity index (χ4n) is 7.95. The Hall–Kier alpha value is -2.00. The summed E-state index contributed by atoms with van der Waals surface area (Å²) in [5.41, 5.74) is -0.228. The van der Waals surface area contributed by atoms with Crippen LogP contribution in [0.1, 0.15) is 51.4 Å². The van der Waals surface area contributed by atoms with Gasteiger partial charge in [0.15, 0.2) is 0 Å². The fraction of sp³-hybridized carbons (Fsp3) is 0.720. The molecule has 0 aromatic carbocycles. The number of likely N-dealkylation sites (tertiary alicyclic amines) is 1. The molecule has 4 saturated carbocycles. The summed E-state index contributed by atoms with van der Waals surface area (Å²) in [7, 11) is -3.61. The Morgan fingerprint density at radius 2 is 1.59 bits per heavy atom. The number of rotatable bonds is 4. The number of nitrogens with zero attached hydrogens (tertiary/aromatic N) is 4. The predicted octanol–water partition coefficient (Wildman–Crippen LogP) is 2.12. The Bertz CT molecular complexity index is 1030. The molecule has 0 N–H and O–H groups in total. The summed E-state index contributed by atoms with van der Waals surface area (Å²) in [6, 6.07) is 2.77. The van der Waals surface area contributed by atoms with Crippen molar-refractivity contribution in [3.8, 4) is 0 Å². The molecule has 1 atom stereocenters. The van der Waals surface area contributed by atoms with Gasteiger partial charge in [-0.2, -0.15) is 4.31 Å². The van der Waals surface area contributed by atoms with Gasteiger partial charge in [0.1, 0.15) is 10.9 Å². The molecule has 4 aliphatic carbocycles. The zero-order chi connectivity index (χ0) is 23.5. The third-order valence-electron chi connectivity index (χ3n) is 9.11. The minimum absolute atomic E-state index is 0.00555. The average Bonchev–Trinajstić information content (AvgIpc) is 3.33. The molecule has 9 heteroatoms. The van der Waals surface area contributed by atoms with Crippen LogP contribution in [0.2, 0.25) is 0 Å². The number of aromatic nitrogens is 1. The first-order valence-corrected chi connectivity index (χ1v) is 14.3. The third-order valence-corrected chi connectivity index (χ3v) is 11.0. The first kappa shape index (κ1) is 22.5. The van der Waals surface area contributed by atoms with Gasteiger partial charge >= 0.3 is 0 Å². The number of amides is 2. The van der Waals surface area contributed by atoms with E-state index in [1.165, 1.54) is 29.8 Å². The predicted molar refractivity (Wildman–Crippen MR) is 125 cm³/mol. The third kappa shape index (κ3) is 3.66. The van der Waals surface area contributed by atoms with Crippen LogP contribution in [0, 0.1) is 23.2 Å². The SMILES string of the molecule is O=C(C1CCCN1C(=O)C12CC3CC(CC(C3)C1)C2)N1CCN(S(=O)(=O)c2cccnc2)CC1. The van der Waals surface area contributed by atoms with Crippen LogP contribution >= 0.6 is 0 Å². The number of carbonyl (C=O) groups is 2. The van der Waals surface area contributed by atoms with Crippen LogP contribution in [0.5, 0.6) is 0 Å². The Labute approximate surface area is 201 Å². The molecule has 8 nitrogen and oxygen atoms in total. The van der Waals surface area contributed by atoms with Crippen molar-refractivity contribution < 1.29 is 18.0 Å². The fourth-order valence-corrected chi connectivity index (χ4v) is 9.34. The number of piperazine rings is 1. The highest BCUT2D eigenvalue weighted by Gasteiger charge is 2.57. The summed E-state index contributed by atoms with van der Waals surface area (Å²) in [6.45, 7) is 1.91. The smallest absolute Gasteiger partial charge is 0.245 e. The lowest BCUT2D eigenvalue weighted by molar-refractivity contribution is -0.162. The second-order valence-corrected chi connectivity index (χ2v) is 13.2. The molecule has 4 bridgehead atoms. The van der Waals surface area contributed by atoms with Crippen LogP contribution in [0.15, 0.2) is 29.4 Å². The van der Waals surface area contributed by atoms with Crippen LogP contribution in [0.4, 0.5) is 0 Å². The van der Waals surface area contributed by atoms with E-state index in [4.69, 9.17) is 0 Å². The second kappa shape index (κ2) is 8.29. The molecule has 2 aliphatic heterocycles. The molecule has 2 saturated heterocycles. The van der Waals surface area contributed by atoms with Crippen molar-refractivity contribution in [2.75, 3.05) is 32.7 Å². The Morgan fingerprint density at radius 3 is 2.18 bits per heavy atom. The first-order chi connectivity index (χ1) is 16.4. The lowest BCUT2D eigenvalue weighted by Gasteiger charge is -2.56. The van der Waals surface area contributed by atoms with E-state index in [1.807, 2.05) is 4.90 Å². The molecule has 184 valence electrons. The molecule has 0 radical (unpaired) electrons. The van der Waals surface area contributed by atoms with Gasteiger partial charge in [-0.1, -0.05) is 0 Å². The van der Waals surface area contributed by atoms with E-state index >= 15 is 0 Å². The van der Waals surface area contributed by atoms with Crippen molar-refractivity contribution in [2.45, 2.75) is 62.3 Å². The van der Waals surface area contributed by atoms with Gasteiger partial charge in [-0.05, 0) is 81.3 Å². The summed E-state index contributed by atoms with van der Waals surface area (Å²) in [4.78, 5) is 35.2. The molecule has 1 aromatic rings. The largest absolute Gasteiger partial charge is 0.338 e. The van der Waals surface area contributed by atoms with Crippen molar-refractivity contribution in [3.05, 3.63) is 24.5 Å². The minimum atomic E-state index is -3.61. The highest BCUT2D eigenvalue weighted by molar-refractivity contribution is 7.89. The van der Waals surface area contributed by atoms with Gasteiger partial charge < -0.3 is 9.80 Å². The van der Waals surface area contributed by atoms with Gasteiger partial charge in [0, 0.05) is 45.1 Å². The first-order valence-electron chi connectivity index (χ1n) is 12.9. The van der Waals surface area contributed by atoms with E-state index in [0.717, 1.165) is 25.7 Å². The zero-order valence-corrected chi connectivity index (χ0v) is 20.5. The maximum absolute atomic E-state index is 13.9. The van der Waals surface area contributed by atoms with Gasteiger partial charge in [0.2, 0.25) is 21.8 Å².